The third kappa shape index (κ3) is 6.05. The number of aromatic nitrogens is 1. The molecule has 1 heterocycles. The molecule has 0 saturated heterocycles. The van der Waals surface area contributed by atoms with E-state index in [9.17, 15) is 8.42 Å². The lowest BCUT2D eigenvalue weighted by Crippen LogP contribution is -2.48. The number of rotatable bonds is 10. The molecule has 0 spiro atoms. The Hall–Kier alpha value is -3.38. The minimum atomic E-state index is -4.43. The molecule has 0 saturated carbocycles. The highest BCUT2D eigenvalue weighted by Gasteiger charge is 2.34. The van der Waals surface area contributed by atoms with Crippen molar-refractivity contribution in [1.29, 1.82) is 0 Å². The number of halogens is 2. The van der Waals surface area contributed by atoms with Crippen LogP contribution < -0.4 is 19.1 Å². The molecule has 2 atom stereocenters. The number of likely N-dealkylation sites (N-methyl/N-ethyl adjacent to an activating group) is 1. The van der Waals surface area contributed by atoms with Gasteiger partial charge in [-0.1, -0.05) is 35.9 Å². The molecular weight excluding hydrogens is 599 g/mol. The highest BCUT2D eigenvalue weighted by atomic mass is 35.5. The molecule has 1 aromatic heterocycles. The molecule has 222 valence electrons. The van der Waals surface area contributed by atoms with E-state index in [1.807, 2.05) is 26.2 Å². The molecular formula is C30H32ClFN4O4S2. The molecule has 1 aliphatic rings. The molecule has 3 aromatic carbocycles. The summed E-state index contributed by atoms with van der Waals surface area (Å²) in [5.41, 5.74) is 3.39. The van der Waals surface area contributed by atoms with Gasteiger partial charge in [0.25, 0.3) is 10.0 Å². The Morgan fingerprint density at radius 1 is 1.07 bits per heavy atom. The molecule has 0 aliphatic heterocycles. The van der Waals surface area contributed by atoms with Crippen LogP contribution in [0.5, 0.6) is 11.5 Å². The number of nitrogens with zero attached hydrogens (tertiary/aromatic N) is 3. The van der Waals surface area contributed by atoms with E-state index in [0.29, 0.717) is 22.7 Å². The van der Waals surface area contributed by atoms with Gasteiger partial charge in [-0.05, 0) is 62.3 Å². The highest BCUT2D eigenvalue weighted by molar-refractivity contribution is 7.93. The maximum atomic E-state index is 15.8. The first-order valence-corrected chi connectivity index (χ1v) is 15.9. The average molecular weight is 631 g/mol. The normalized spacial score (nSPS) is 16.6. The fourth-order valence-electron chi connectivity index (χ4n) is 5.27. The SMILES string of the molecule is COc1ccc(CN(c2nccs2)S(=O)(=O)c2cc(Cl)c(N[C@H]3Cc4ccccc4C[C@@H]3N(C)C)cc2F)c(OC)c1. The Balaban J connectivity index is 1.48. The Kier molecular flexibility index (Phi) is 8.93. The fraction of sp³-hybridized carbons (Fsp3) is 0.300. The molecule has 5 rings (SSSR count). The number of thiazole rings is 1. The van der Waals surface area contributed by atoms with E-state index in [4.69, 9.17) is 21.1 Å². The molecule has 0 unspecified atom stereocenters. The molecule has 1 aliphatic carbocycles. The summed E-state index contributed by atoms with van der Waals surface area (Å²) in [5, 5.41) is 5.34. The largest absolute Gasteiger partial charge is 0.497 e. The molecule has 0 radical (unpaired) electrons. The van der Waals surface area contributed by atoms with E-state index in [1.54, 1.807) is 23.6 Å². The van der Waals surface area contributed by atoms with E-state index < -0.39 is 20.7 Å². The standard InChI is InChI=1S/C30H32ClFN4O4S2/c1-35(2)27-14-20-8-6-5-7-19(20)13-26(27)34-25-17-24(32)29(16-23(25)31)42(37,38)36(30-33-11-12-41-30)18-21-9-10-22(39-3)15-28(21)40-4/h5-12,15-17,26-27,34H,13-14,18H2,1-4H3/t26-,27-/m0/s1. The van der Waals surface area contributed by atoms with Crippen molar-refractivity contribution in [3.8, 4) is 11.5 Å². The first-order valence-electron chi connectivity index (χ1n) is 13.2. The maximum Gasteiger partial charge on any atom is 0.269 e. The van der Waals surface area contributed by atoms with Gasteiger partial charge in [0.15, 0.2) is 5.13 Å². The van der Waals surface area contributed by atoms with Gasteiger partial charge < -0.3 is 19.7 Å². The minimum Gasteiger partial charge on any atom is -0.497 e. The van der Waals surface area contributed by atoms with Crippen molar-refractivity contribution in [1.82, 2.24) is 9.88 Å². The van der Waals surface area contributed by atoms with Gasteiger partial charge in [0.05, 0.1) is 31.5 Å². The van der Waals surface area contributed by atoms with Crippen LogP contribution in [0.4, 0.5) is 15.2 Å². The second-order valence-corrected chi connectivity index (χ2v) is 13.3. The van der Waals surface area contributed by atoms with Gasteiger partial charge in [-0.25, -0.2) is 22.1 Å². The quantitative estimate of drug-likeness (QED) is 0.235. The molecule has 4 aromatic rings. The Bertz CT molecular complexity index is 1670. The van der Waals surface area contributed by atoms with Gasteiger partial charge in [0, 0.05) is 35.3 Å². The molecule has 1 N–H and O–H groups in total. The summed E-state index contributed by atoms with van der Waals surface area (Å²) < 4.78 is 55.6. The first kappa shape index (κ1) is 30.1. The number of sulfonamides is 1. The van der Waals surface area contributed by atoms with Gasteiger partial charge in [-0.15, -0.1) is 11.3 Å². The van der Waals surface area contributed by atoms with Crippen LogP contribution in [-0.2, 0) is 29.4 Å². The highest BCUT2D eigenvalue weighted by Crippen LogP contribution is 2.36. The monoisotopic (exact) mass is 630 g/mol. The minimum absolute atomic E-state index is 0.0661. The van der Waals surface area contributed by atoms with Crippen molar-refractivity contribution in [3.05, 3.63) is 93.7 Å². The smallest absolute Gasteiger partial charge is 0.269 e. The molecule has 0 fully saturated rings. The van der Waals surface area contributed by atoms with Crippen LogP contribution in [0.3, 0.4) is 0 Å². The summed E-state index contributed by atoms with van der Waals surface area (Å²) in [6.07, 6.45) is 3.04. The van der Waals surface area contributed by atoms with E-state index >= 15 is 4.39 Å². The molecule has 8 nitrogen and oxygen atoms in total. The van der Waals surface area contributed by atoms with Crippen molar-refractivity contribution in [2.75, 3.05) is 37.9 Å². The van der Waals surface area contributed by atoms with E-state index in [0.717, 1.165) is 34.6 Å². The van der Waals surface area contributed by atoms with Crippen molar-refractivity contribution in [2.45, 2.75) is 36.4 Å². The number of hydrogen-bond acceptors (Lipinski definition) is 8. The summed E-state index contributed by atoms with van der Waals surface area (Å²) >= 11 is 7.78. The number of methoxy groups -OCH3 is 2. The van der Waals surface area contributed by atoms with E-state index in [1.165, 1.54) is 37.6 Å². The summed E-state index contributed by atoms with van der Waals surface area (Å²) in [5.74, 6) is 0.0644. The molecule has 0 amide bonds. The zero-order valence-electron chi connectivity index (χ0n) is 23.7. The van der Waals surface area contributed by atoms with Gasteiger partial charge in [0.2, 0.25) is 0 Å². The maximum absolute atomic E-state index is 15.8. The Labute approximate surface area is 254 Å². The lowest BCUT2D eigenvalue weighted by Gasteiger charge is -2.38. The van der Waals surface area contributed by atoms with Crippen molar-refractivity contribution in [3.63, 3.8) is 0 Å². The molecule has 0 bridgehead atoms. The molecule has 42 heavy (non-hydrogen) atoms. The second kappa shape index (κ2) is 12.5. The zero-order valence-corrected chi connectivity index (χ0v) is 26.1. The third-order valence-corrected chi connectivity index (χ3v) is 10.5. The Morgan fingerprint density at radius 3 is 2.45 bits per heavy atom. The third-order valence-electron chi connectivity index (χ3n) is 7.49. The van der Waals surface area contributed by atoms with E-state index in [-0.39, 0.29) is 28.8 Å². The van der Waals surface area contributed by atoms with Crippen LogP contribution in [0, 0.1) is 5.82 Å². The van der Waals surface area contributed by atoms with Gasteiger partial charge in [-0.3, -0.25) is 0 Å². The zero-order chi connectivity index (χ0) is 30.0. The topological polar surface area (TPSA) is 84.0 Å². The summed E-state index contributed by atoms with van der Waals surface area (Å²) in [6, 6.07) is 15.7. The number of fused-ring (bicyclic) bond motifs is 1. The number of ether oxygens (including phenoxy) is 2. The lowest BCUT2D eigenvalue weighted by molar-refractivity contribution is 0.250. The summed E-state index contributed by atoms with van der Waals surface area (Å²) in [7, 11) is 2.60. The van der Waals surface area contributed by atoms with Gasteiger partial charge in [-0.2, -0.15) is 0 Å². The number of hydrogen-bond donors (Lipinski definition) is 1. The van der Waals surface area contributed by atoms with Crippen LogP contribution in [0.15, 0.2) is 71.1 Å². The summed E-state index contributed by atoms with van der Waals surface area (Å²) in [4.78, 5) is 5.80. The average Bonchev–Trinajstić information content (AvgIpc) is 3.51. The van der Waals surface area contributed by atoms with Crippen molar-refractivity contribution >= 4 is 43.8 Å². The second-order valence-electron chi connectivity index (χ2n) is 10.2. The Morgan fingerprint density at radius 2 is 1.81 bits per heavy atom. The van der Waals surface area contributed by atoms with Crippen LogP contribution in [-0.4, -0.2) is 58.7 Å². The van der Waals surface area contributed by atoms with Crippen LogP contribution in [0.25, 0.3) is 0 Å². The van der Waals surface area contributed by atoms with Crippen LogP contribution in [0.1, 0.15) is 16.7 Å². The number of anilines is 2. The van der Waals surface area contributed by atoms with Crippen LogP contribution in [0.2, 0.25) is 5.02 Å². The molecule has 12 heteroatoms. The predicted molar refractivity (Wildman–Crippen MR) is 165 cm³/mol. The van der Waals surface area contributed by atoms with Gasteiger partial charge >= 0.3 is 0 Å². The van der Waals surface area contributed by atoms with Crippen LogP contribution >= 0.6 is 22.9 Å². The summed E-state index contributed by atoms with van der Waals surface area (Å²) in [6.45, 7) is -0.147. The van der Waals surface area contributed by atoms with Crippen molar-refractivity contribution in [2.24, 2.45) is 0 Å². The lowest BCUT2D eigenvalue weighted by atomic mass is 9.84. The van der Waals surface area contributed by atoms with Crippen molar-refractivity contribution < 1.29 is 22.3 Å². The first-order chi connectivity index (χ1) is 20.1. The number of nitrogens with one attached hydrogen (secondary N) is 1. The van der Waals surface area contributed by atoms with E-state index in [2.05, 4.69) is 27.3 Å². The van der Waals surface area contributed by atoms with Gasteiger partial charge in [0.1, 0.15) is 22.2 Å². The number of benzene rings is 3. The predicted octanol–water partition coefficient (Wildman–Crippen LogP) is 5.86. The fourth-order valence-corrected chi connectivity index (χ4v) is 7.90.